The Hall–Kier alpha value is -1.77. The normalized spacial score (nSPS) is 25.8. The van der Waals surface area contributed by atoms with Crippen LogP contribution in [0.25, 0.3) is 4.85 Å². The fraction of sp³-hybridized carbons (Fsp3) is 0.750. The zero-order chi connectivity index (χ0) is 14.0. The van der Waals surface area contributed by atoms with E-state index in [1.807, 2.05) is 0 Å². The number of ether oxygens (including phenoxy) is 2. The number of alkyl carbamates (subject to hydrolysis) is 1. The molecule has 100 valence electrons. The van der Waals surface area contributed by atoms with Gasteiger partial charge in [0.05, 0.1) is 13.0 Å². The number of esters is 1. The SMILES string of the molecule is [C-]#[N+]C[C@@H]1C[C@]1(NC(=O)OC(C)(C)C)C(=O)OC. The second kappa shape index (κ2) is 4.84. The Balaban J connectivity index is 2.69. The van der Waals surface area contributed by atoms with Crippen LogP contribution in [0, 0.1) is 12.5 Å². The van der Waals surface area contributed by atoms with E-state index in [4.69, 9.17) is 11.3 Å². The van der Waals surface area contributed by atoms with Crippen LogP contribution in [-0.2, 0) is 14.3 Å². The van der Waals surface area contributed by atoms with E-state index in [2.05, 4.69) is 14.9 Å². The van der Waals surface area contributed by atoms with Crippen LogP contribution >= 0.6 is 0 Å². The fourth-order valence-corrected chi connectivity index (χ4v) is 1.78. The number of amides is 1. The Morgan fingerprint density at radius 1 is 1.50 bits per heavy atom. The summed E-state index contributed by atoms with van der Waals surface area (Å²) in [5.74, 6) is -0.725. The van der Waals surface area contributed by atoms with Crippen LogP contribution in [-0.4, -0.2) is 36.9 Å². The summed E-state index contributed by atoms with van der Waals surface area (Å²) >= 11 is 0. The maximum atomic E-state index is 11.7. The van der Waals surface area contributed by atoms with Gasteiger partial charge in [0.2, 0.25) is 6.54 Å². The second-order valence-electron chi connectivity index (χ2n) is 5.33. The van der Waals surface area contributed by atoms with Gasteiger partial charge in [-0.15, -0.1) is 0 Å². The summed E-state index contributed by atoms with van der Waals surface area (Å²) in [5, 5.41) is 2.53. The Morgan fingerprint density at radius 2 is 2.11 bits per heavy atom. The minimum atomic E-state index is -1.08. The largest absolute Gasteiger partial charge is 0.467 e. The lowest BCUT2D eigenvalue weighted by Crippen LogP contribution is -2.47. The number of hydrogen-bond acceptors (Lipinski definition) is 4. The van der Waals surface area contributed by atoms with Gasteiger partial charge in [-0.1, -0.05) is 0 Å². The van der Waals surface area contributed by atoms with E-state index in [-0.39, 0.29) is 12.5 Å². The van der Waals surface area contributed by atoms with Gasteiger partial charge in [-0.2, -0.15) is 0 Å². The summed E-state index contributed by atoms with van der Waals surface area (Å²) in [6.07, 6.45) is -0.248. The molecule has 6 heteroatoms. The quantitative estimate of drug-likeness (QED) is 0.610. The summed E-state index contributed by atoms with van der Waals surface area (Å²) in [6.45, 7) is 12.2. The third kappa shape index (κ3) is 3.13. The monoisotopic (exact) mass is 254 g/mol. The van der Waals surface area contributed by atoms with E-state index in [0.717, 1.165) is 0 Å². The average Bonchev–Trinajstić information content (AvgIpc) is 2.89. The van der Waals surface area contributed by atoms with E-state index >= 15 is 0 Å². The highest BCUT2D eigenvalue weighted by molar-refractivity contribution is 5.89. The van der Waals surface area contributed by atoms with Gasteiger partial charge in [0.25, 0.3) is 0 Å². The van der Waals surface area contributed by atoms with Crippen molar-refractivity contribution in [1.82, 2.24) is 5.32 Å². The van der Waals surface area contributed by atoms with Crippen LogP contribution in [0.5, 0.6) is 0 Å². The first-order chi connectivity index (χ1) is 8.25. The van der Waals surface area contributed by atoms with E-state index < -0.39 is 23.2 Å². The Morgan fingerprint density at radius 3 is 2.56 bits per heavy atom. The van der Waals surface area contributed by atoms with Gasteiger partial charge < -0.3 is 19.6 Å². The molecular formula is C12H18N2O4. The van der Waals surface area contributed by atoms with Crippen molar-refractivity contribution in [1.29, 1.82) is 0 Å². The van der Waals surface area contributed by atoms with Crippen molar-refractivity contribution in [2.24, 2.45) is 5.92 Å². The molecule has 1 saturated carbocycles. The molecule has 0 aromatic carbocycles. The van der Waals surface area contributed by atoms with Gasteiger partial charge in [0, 0.05) is 0 Å². The molecule has 0 bridgehead atoms. The second-order valence-corrected chi connectivity index (χ2v) is 5.33. The maximum absolute atomic E-state index is 11.7. The molecule has 0 aromatic rings. The molecule has 0 heterocycles. The van der Waals surface area contributed by atoms with Crippen LogP contribution in [0.3, 0.4) is 0 Å². The molecule has 1 fully saturated rings. The molecule has 6 nitrogen and oxygen atoms in total. The maximum Gasteiger partial charge on any atom is 0.408 e. The van der Waals surface area contributed by atoms with Crippen molar-refractivity contribution in [3.8, 4) is 0 Å². The number of nitrogens with one attached hydrogen (secondary N) is 1. The van der Waals surface area contributed by atoms with Crippen LogP contribution in [0.2, 0.25) is 0 Å². The molecule has 1 N–H and O–H groups in total. The zero-order valence-electron chi connectivity index (χ0n) is 11.1. The molecular weight excluding hydrogens is 236 g/mol. The third-order valence-electron chi connectivity index (χ3n) is 2.69. The lowest BCUT2D eigenvalue weighted by Gasteiger charge is -2.22. The van der Waals surface area contributed by atoms with Crippen molar-refractivity contribution in [3.63, 3.8) is 0 Å². The first-order valence-electron chi connectivity index (χ1n) is 5.68. The van der Waals surface area contributed by atoms with Crippen molar-refractivity contribution < 1.29 is 19.1 Å². The zero-order valence-corrected chi connectivity index (χ0v) is 11.1. The van der Waals surface area contributed by atoms with Crippen LogP contribution in [0.1, 0.15) is 27.2 Å². The highest BCUT2D eigenvalue weighted by atomic mass is 16.6. The van der Waals surface area contributed by atoms with E-state index in [1.165, 1.54) is 7.11 Å². The van der Waals surface area contributed by atoms with Crippen molar-refractivity contribution in [3.05, 3.63) is 11.4 Å². The summed E-state index contributed by atoms with van der Waals surface area (Å²) in [5.41, 5.74) is -1.72. The van der Waals surface area contributed by atoms with E-state index in [1.54, 1.807) is 20.8 Å². The summed E-state index contributed by atoms with van der Waals surface area (Å²) < 4.78 is 9.77. The Bertz CT molecular complexity index is 394. The molecule has 1 rings (SSSR count). The molecule has 0 radical (unpaired) electrons. The molecule has 18 heavy (non-hydrogen) atoms. The number of rotatable bonds is 3. The lowest BCUT2D eigenvalue weighted by atomic mass is 10.2. The number of hydrogen-bond donors (Lipinski definition) is 1. The molecule has 0 unspecified atom stereocenters. The Labute approximate surface area is 106 Å². The van der Waals surface area contributed by atoms with Crippen LogP contribution < -0.4 is 5.32 Å². The van der Waals surface area contributed by atoms with Gasteiger partial charge in [0.1, 0.15) is 5.60 Å². The van der Waals surface area contributed by atoms with Crippen LogP contribution in [0.4, 0.5) is 4.79 Å². The first-order valence-corrected chi connectivity index (χ1v) is 5.68. The molecule has 2 atom stereocenters. The van der Waals surface area contributed by atoms with Crippen LogP contribution in [0.15, 0.2) is 0 Å². The van der Waals surface area contributed by atoms with Gasteiger partial charge in [-0.3, -0.25) is 0 Å². The van der Waals surface area contributed by atoms with E-state index in [0.29, 0.717) is 6.42 Å². The lowest BCUT2D eigenvalue weighted by molar-refractivity contribution is -0.144. The van der Waals surface area contributed by atoms with Gasteiger partial charge in [-0.05, 0) is 27.2 Å². The number of methoxy groups -OCH3 is 1. The van der Waals surface area contributed by atoms with E-state index in [9.17, 15) is 9.59 Å². The highest BCUT2D eigenvalue weighted by Crippen LogP contribution is 2.44. The topological polar surface area (TPSA) is 69.0 Å². The minimum Gasteiger partial charge on any atom is -0.467 e. The molecule has 1 amide bonds. The molecule has 1 aliphatic carbocycles. The molecule has 0 spiro atoms. The summed E-state index contributed by atoms with van der Waals surface area (Å²) in [4.78, 5) is 26.6. The summed E-state index contributed by atoms with van der Waals surface area (Å²) in [6, 6.07) is 0. The first kappa shape index (κ1) is 14.3. The highest BCUT2D eigenvalue weighted by Gasteiger charge is 2.64. The molecule has 0 aliphatic heterocycles. The number of carbonyl (C=O) groups excluding carboxylic acids is 2. The van der Waals surface area contributed by atoms with Gasteiger partial charge in [-0.25, -0.2) is 16.2 Å². The van der Waals surface area contributed by atoms with Crippen molar-refractivity contribution >= 4 is 12.1 Å². The predicted molar refractivity (Wildman–Crippen MR) is 63.7 cm³/mol. The average molecular weight is 254 g/mol. The summed E-state index contributed by atoms with van der Waals surface area (Å²) in [7, 11) is 1.26. The van der Waals surface area contributed by atoms with Gasteiger partial charge in [0.15, 0.2) is 5.54 Å². The number of nitrogens with zero attached hydrogens (tertiary/aromatic N) is 1. The molecule has 0 aromatic heterocycles. The molecule has 0 saturated heterocycles. The fourth-order valence-electron chi connectivity index (χ4n) is 1.78. The number of carbonyl (C=O) groups is 2. The third-order valence-corrected chi connectivity index (χ3v) is 2.69. The van der Waals surface area contributed by atoms with Crippen molar-refractivity contribution in [2.75, 3.05) is 13.7 Å². The predicted octanol–water partition coefficient (Wildman–Crippen LogP) is 1.36. The standard InChI is InChI=1S/C12H18N2O4/c1-11(2,3)18-10(16)14-12(9(15)17-5)6-8(12)7-13-4/h8H,6-7H2,1-3,5H3,(H,14,16)/t8-,12+/m0/s1. The Kier molecular flexibility index (Phi) is 3.85. The van der Waals surface area contributed by atoms with Crippen molar-refractivity contribution in [2.45, 2.75) is 38.3 Å². The molecule has 1 aliphatic rings. The smallest absolute Gasteiger partial charge is 0.408 e. The minimum absolute atomic E-state index is 0.185. The van der Waals surface area contributed by atoms with Gasteiger partial charge >= 0.3 is 12.1 Å².